The van der Waals surface area contributed by atoms with E-state index < -0.39 is 16.1 Å². The predicted octanol–water partition coefficient (Wildman–Crippen LogP) is 4.10. The summed E-state index contributed by atoms with van der Waals surface area (Å²) in [6, 6.07) is 9.56. The van der Waals surface area contributed by atoms with Crippen LogP contribution in [0.3, 0.4) is 0 Å². The van der Waals surface area contributed by atoms with Crippen LogP contribution in [0.1, 0.15) is 59.7 Å². The minimum absolute atomic E-state index is 0.0712. The molecule has 10 nitrogen and oxygen atoms in total. The van der Waals surface area contributed by atoms with Crippen LogP contribution in [0.4, 0.5) is 0 Å². The zero-order valence-corrected chi connectivity index (χ0v) is 27.6. The molecule has 11 heteroatoms. The van der Waals surface area contributed by atoms with E-state index in [9.17, 15) is 13.2 Å². The van der Waals surface area contributed by atoms with E-state index in [1.807, 2.05) is 42.7 Å². The summed E-state index contributed by atoms with van der Waals surface area (Å²) in [7, 11) is -0.399. The summed E-state index contributed by atoms with van der Waals surface area (Å²) >= 11 is 0. The van der Waals surface area contributed by atoms with E-state index in [2.05, 4.69) is 20.5 Å². The number of hydrogen-bond acceptors (Lipinski definition) is 7. The van der Waals surface area contributed by atoms with E-state index in [1.54, 1.807) is 33.1 Å². The first-order valence-electron chi connectivity index (χ1n) is 16.0. The third-order valence-electron chi connectivity index (χ3n) is 9.98. The molecule has 1 saturated carbocycles. The summed E-state index contributed by atoms with van der Waals surface area (Å²) in [6.45, 7) is 6.43. The van der Waals surface area contributed by atoms with Crippen LogP contribution < -0.4 is 4.74 Å². The number of hydrogen-bond donors (Lipinski definition) is 0. The molecule has 45 heavy (non-hydrogen) atoms. The lowest BCUT2D eigenvalue weighted by Crippen LogP contribution is -2.48. The molecule has 2 aromatic heterocycles. The van der Waals surface area contributed by atoms with Crippen molar-refractivity contribution in [3.63, 3.8) is 0 Å². The molecule has 3 unspecified atom stereocenters. The quantitative estimate of drug-likeness (QED) is 0.349. The average Bonchev–Trinajstić information content (AvgIpc) is 3.53. The number of pyridine rings is 1. The molecule has 0 bridgehead atoms. The second-order valence-electron chi connectivity index (χ2n) is 12.7. The minimum Gasteiger partial charge on any atom is -0.497 e. The van der Waals surface area contributed by atoms with Crippen LogP contribution in [0.5, 0.6) is 5.75 Å². The van der Waals surface area contributed by atoms with Crippen molar-refractivity contribution in [2.75, 3.05) is 40.5 Å². The maximum atomic E-state index is 14.1. The topological polar surface area (TPSA) is 97.2 Å². The summed E-state index contributed by atoms with van der Waals surface area (Å²) < 4.78 is 43.3. The van der Waals surface area contributed by atoms with Crippen molar-refractivity contribution < 1.29 is 22.7 Å². The molecule has 1 amide bonds. The number of sulfonamides is 1. The highest BCUT2D eigenvalue weighted by Crippen LogP contribution is 2.36. The first-order chi connectivity index (χ1) is 21.7. The zero-order valence-electron chi connectivity index (χ0n) is 26.8. The summed E-state index contributed by atoms with van der Waals surface area (Å²) in [5.74, 6) is 0.556. The van der Waals surface area contributed by atoms with Gasteiger partial charge in [-0.3, -0.25) is 14.7 Å². The number of nitrogens with zero attached hydrogens (tertiary/aromatic N) is 5. The molecular formula is C34H45N5O5S. The number of aryl methyl sites for hydroxylation is 2. The van der Waals surface area contributed by atoms with E-state index in [-0.39, 0.29) is 25.2 Å². The second-order valence-corrected chi connectivity index (χ2v) is 14.5. The van der Waals surface area contributed by atoms with Crippen LogP contribution in [0.2, 0.25) is 0 Å². The number of aromatic nitrogens is 2. The molecule has 3 aliphatic rings. The molecule has 0 radical (unpaired) electrons. The molecule has 1 aliphatic carbocycles. The van der Waals surface area contributed by atoms with Gasteiger partial charge in [-0.05, 0) is 98.5 Å². The maximum absolute atomic E-state index is 14.1. The fraction of sp³-hybridized carbons (Fsp3) is 0.529. The van der Waals surface area contributed by atoms with Crippen LogP contribution in [0.25, 0.3) is 0 Å². The minimum atomic E-state index is -3.86. The number of carbonyl (C=O) groups is 1. The van der Waals surface area contributed by atoms with Crippen molar-refractivity contribution in [3.05, 3.63) is 76.9 Å². The van der Waals surface area contributed by atoms with Crippen LogP contribution in [0, 0.1) is 13.8 Å². The van der Waals surface area contributed by atoms with Crippen molar-refractivity contribution in [3.8, 4) is 5.75 Å². The van der Waals surface area contributed by atoms with Crippen LogP contribution >= 0.6 is 0 Å². The van der Waals surface area contributed by atoms with Gasteiger partial charge in [0.2, 0.25) is 15.9 Å². The van der Waals surface area contributed by atoms with Gasteiger partial charge in [0, 0.05) is 69.6 Å². The molecule has 1 fully saturated rings. The Balaban J connectivity index is 1.10. The summed E-state index contributed by atoms with van der Waals surface area (Å²) in [6.07, 6.45) is 11.0. The fourth-order valence-corrected chi connectivity index (χ4v) is 9.54. The first-order valence-corrected chi connectivity index (χ1v) is 17.4. The number of ether oxygens (including phenoxy) is 2. The van der Waals surface area contributed by atoms with E-state index in [1.165, 1.54) is 15.4 Å². The number of methoxy groups -OCH3 is 1. The SMILES string of the molecule is COc1cc(C)c(S(=O)(=O)N2CCn3cccc3C2COCC(=O)N(C)C2CCCC(N3CCc4cnccc4C3)C2)c(C)c1. The van der Waals surface area contributed by atoms with E-state index in [0.29, 0.717) is 40.9 Å². The van der Waals surface area contributed by atoms with E-state index in [0.717, 1.165) is 50.9 Å². The highest BCUT2D eigenvalue weighted by atomic mass is 32.2. The number of amides is 1. The van der Waals surface area contributed by atoms with Gasteiger partial charge in [0.15, 0.2) is 0 Å². The smallest absolute Gasteiger partial charge is 0.248 e. The fourth-order valence-electron chi connectivity index (χ4n) is 7.55. The molecule has 3 aromatic rings. The average molecular weight is 636 g/mol. The van der Waals surface area contributed by atoms with Gasteiger partial charge in [0.25, 0.3) is 0 Å². The summed E-state index contributed by atoms with van der Waals surface area (Å²) in [5, 5.41) is 0. The lowest BCUT2D eigenvalue weighted by atomic mass is 9.87. The Hall–Kier alpha value is -3.25. The summed E-state index contributed by atoms with van der Waals surface area (Å²) in [4.78, 5) is 22.4. The molecule has 0 spiro atoms. The molecule has 0 saturated heterocycles. The molecule has 242 valence electrons. The van der Waals surface area contributed by atoms with Crippen LogP contribution in [0.15, 0.2) is 53.8 Å². The normalized spacial score (nSPS) is 22.4. The Morgan fingerprint density at radius 2 is 1.89 bits per heavy atom. The monoisotopic (exact) mass is 635 g/mol. The van der Waals surface area contributed by atoms with Crippen molar-refractivity contribution in [2.45, 2.75) is 82.1 Å². The molecule has 3 atom stereocenters. The molecule has 0 N–H and O–H groups in total. The highest BCUT2D eigenvalue weighted by Gasteiger charge is 2.39. The Bertz CT molecular complexity index is 1620. The summed E-state index contributed by atoms with van der Waals surface area (Å²) in [5.41, 5.74) is 4.85. The Kier molecular flexibility index (Phi) is 9.33. The number of benzene rings is 1. The van der Waals surface area contributed by atoms with Gasteiger partial charge in [0.05, 0.1) is 24.7 Å². The van der Waals surface area contributed by atoms with Gasteiger partial charge in [-0.15, -0.1) is 0 Å². The Morgan fingerprint density at radius 1 is 1.09 bits per heavy atom. The van der Waals surface area contributed by atoms with E-state index >= 15 is 0 Å². The van der Waals surface area contributed by atoms with E-state index in [4.69, 9.17) is 9.47 Å². The second kappa shape index (κ2) is 13.2. The lowest BCUT2D eigenvalue weighted by molar-refractivity contribution is -0.138. The standard InChI is InChI=1S/C34H45N5O5S/c1-24-17-30(43-4)18-25(2)34(24)45(41,42)39-16-15-37-13-6-9-31(37)32(39)22-44-23-33(40)36(3)28-7-5-8-29(19-28)38-14-11-26-20-35-12-10-27(26)21-38/h6,9-10,12-13,17-18,20,28-29,32H,5,7-8,11,14-16,19,21-23H2,1-4H3. The highest BCUT2D eigenvalue weighted by molar-refractivity contribution is 7.89. The zero-order chi connectivity index (χ0) is 31.7. The third-order valence-corrected chi connectivity index (χ3v) is 12.2. The number of fused-ring (bicyclic) bond motifs is 2. The van der Waals surface area contributed by atoms with Crippen molar-refractivity contribution in [1.82, 2.24) is 23.7 Å². The lowest BCUT2D eigenvalue weighted by Gasteiger charge is -2.42. The van der Waals surface area contributed by atoms with Crippen LogP contribution in [-0.2, 0) is 39.1 Å². The molecule has 2 aliphatic heterocycles. The van der Waals surface area contributed by atoms with Crippen molar-refractivity contribution in [1.29, 1.82) is 0 Å². The molecule has 6 rings (SSSR count). The molecular weight excluding hydrogens is 590 g/mol. The molecule has 1 aromatic carbocycles. The first kappa shape index (κ1) is 31.7. The van der Waals surface area contributed by atoms with Gasteiger partial charge in [-0.2, -0.15) is 4.31 Å². The maximum Gasteiger partial charge on any atom is 0.248 e. The van der Waals surface area contributed by atoms with Gasteiger partial charge < -0.3 is 18.9 Å². The number of rotatable bonds is 9. The van der Waals surface area contributed by atoms with Crippen molar-refractivity contribution >= 4 is 15.9 Å². The Labute approximate surface area is 267 Å². The van der Waals surface area contributed by atoms with Crippen LogP contribution in [-0.4, -0.2) is 90.5 Å². The predicted molar refractivity (Wildman–Crippen MR) is 172 cm³/mol. The number of likely N-dealkylation sites (N-methyl/N-ethyl adjacent to an activating group) is 1. The number of carbonyl (C=O) groups excluding carboxylic acids is 1. The largest absolute Gasteiger partial charge is 0.497 e. The van der Waals surface area contributed by atoms with Crippen molar-refractivity contribution in [2.24, 2.45) is 0 Å². The van der Waals surface area contributed by atoms with Gasteiger partial charge in [-0.1, -0.05) is 0 Å². The Morgan fingerprint density at radius 3 is 2.67 bits per heavy atom. The van der Waals surface area contributed by atoms with Gasteiger partial charge in [0.1, 0.15) is 12.4 Å². The van der Waals surface area contributed by atoms with Gasteiger partial charge in [-0.25, -0.2) is 8.42 Å². The van der Waals surface area contributed by atoms with Gasteiger partial charge >= 0.3 is 0 Å². The third kappa shape index (κ3) is 6.40. The molecule has 4 heterocycles.